The van der Waals surface area contributed by atoms with Crippen molar-refractivity contribution in [3.05, 3.63) is 59.3 Å². The van der Waals surface area contributed by atoms with Gasteiger partial charge in [-0.3, -0.25) is 4.79 Å². The second-order valence-electron chi connectivity index (χ2n) is 8.94. The lowest BCUT2D eigenvalue weighted by atomic mass is 9.93. The summed E-state index contributed by atoms with van der Waals surface area (Å²) in [4.78, 5) is 26.0. The van der Waals surface area contributed by atoms with Crippen LogP contribution in [0, 0.1) is 6.92 Å². The van der Waals surface area contributed by atoms with Crippen molar-refractivity contribution in [1.82, 2.24) is 14.9 Å². The van der Waals surface area contributed by atoms with Gasteiger partial charge in [-0.15, -0.1) is 0 Å². The van der Waals surface area contributed by atoms with Crippen LogP contribution in [0.25, 0.3) is 11.3 Å². The first-order valence-electron chi connectivity index (χ1n) is 11.3. The van der Waals surface area contributed by atoms with Crippen LogP contribution in [0.15, 0.2) is 42.6 Å². The molecular formula is C26H30N4O4. The second kappa shape index (κ2) is 9.69. The molecule has 0 unspecified atom stereocenters. The first kappa shape index (κ1) is 23.5. The van der Waals surface area contributed by atoms with Gasteiger partial charge in [-0.05, 0) is 76.2 Å². The van der Waals surface area contributed by atoms with E-state index in [1.807, 2.05) is 45.0 Å². The third-order valence-corrected chi connectivity index (χ3v) is 6.03. The maximum absolute atomic E-state index is 13.4. The molecule has 1 atom stereocenters. The highest BCUT2D eigenvalue weighted by Crippen LogP contribution is 2.37. The first-order valence-corrected chi connectivity index (χ1v) is 11.3. The number of carbonyl (C=O) groups is 1. The Bertz CT molecular complexity index is 1210. The summed E-state index contributed by atoms with van der Waals surface area (Å²) in [7, 11) is 3.96. The average molecular weight is 463 g/mol. The molecule has 8 nitrogen and oxygen atoms in total. The fourth-order valence-electron chi connectivity index (χ4n) is 4.15. The normalized spacial score (nSPS) is 15.3. The molecule has 0 bridgehead atoms. The smallest absolute Gasteiger partial charge is 0.316 e. The Kier molecular flexibility index (Phi) is 6.70. The molecule has 0 spiro atoms. The quantitative estimate of drug-likeness (QED) is 0.575. The van der Waals surface area contributed by atoms with Crippen molar-refractivity contribution < 1.29 is 19.7 Å². The maximum Gasteiger partial charge on any atom is 0.316 e. The van der Waals surface area contributed by atoms with Gasteiger partial charge in [0.1, 0.15) is 18.1 Å². The highest BCUT2D eigenvalue weighted by Gasteiger charge is 2.30. The number of phenolic OH excluding ortho intramolecular Hbond substituents is 2. The van der Waals surface area contributed by atoms with E-state index in [1.54, 1.807) is 11.1 Å². The average Bonchev–Trinajstić information content (AvgIpc) is 2.79. The first-order chi connectivity index (χ1) is 16.2. The van der Waals surface area contributed by atoms with E-state index in [-0.39, 0.29) is 29.0 Å². The molecule has 4 rings (SSSR count). The minimum atomic E-state index is -0.298. The lowest BCUT2D eigenvalue weighted by Crippen LogP contribution is -2.42. The zero-order chi connectivity index (χ0) is 24.4. The van der Waals surface area contributed by atoms with Crippen molar-refractivity contribution >= 4 is 11.6 Å². The number of hydrogen-bond donors (Lipinski definition) is 2. The van der Waals surface area contributed by atoms with Gasteiger partial charge in [-0.25, -0.2) is 4.98 Å². The number of amides is 1. The molecule has 1 aromatic heterocycles. The Hall–Kier alpha value is -3.65. The van der Waals surface area contributed by atoms with Crippen molar-refractivity contribution in [2.24, 2.45) is 0 Å². The number of carbonyl (C=O) groups excluding carboxylic acids is 1. The summed E-state index contributed by atoms with van der Waals surface area (Å²) in [6.45, 7) is 5.23. The Balaban J connectivity index is 1.65. The number of fused-ring (bicyclic) bond motifs is 1. The standard InChI is InChI=1S/C26H30N4O4/c1-16-15-27-26(34-12-11-29(3)4)28-24(16)19-7-10-22-18(13-19)6-5-17(2)30(22)25(33)21-9-8-20(31)14-23(21)32/h7-10,13-15,17,31-32H,5-6,11-12H2,1-4H3/t17-/m0/s1. The van der Waals surface area contributed by atoms with Crippen LogP contribution in [0.5, 0.6) is 17.5 Å². The van der Waals surface area contributed by atoms with Gasteiger partial charge in [0.15, 0.2) is 0 Å². The van der Waals surface area contributed by atoms with E-state index in [1.165, 1.54) is 18.2 Å². The van der Waals surface area contributed by atoms with Gasteiger partial charge in [0.2, 0.25) is 0 Å². The molecule has 178 valence electrons. The molecule has 8 heteroatoms. The van der Waals surface area contributed by atoms with Crippen molar-refractivity contribution in [3.8, 4) is 28.8 Å². The van der Waals surface area contributed by atoms with Gasteiger partial charge in [-0.2, -0.15) is 4.98 Å². The fourth-order valence-corrected chi connectivity index (χ4v) is 4.15. The lowest BCUT2D eigenvalue weighted by Gasteiger charge is -2.35. The zero-order valence-corrected chi connectivity index (χ0v) is 19.9. The van der Waals surface area contributed by atoms with Crippen molar-refractivity contribution in [3.63, 3.8) is 0 Å². The SMILES string of the molecule is Cc1cnc(OCCN(C)C)nc1-c1ccc2c(c1)CC[C@H](C)N2C(=O)c1ccc(O)cc1O. The highest BCUT2D eigenvalue weighted by molar-refractivity contribution is 6.09. The summed E-state index contributed by atoms with van der Waals surface area (Å²) in [6.07, 6.45) is 3.38. The number of phenols is 2. The molecule has 34 heavy (non-hydrogen) atoms. The van der Waals surface area contributed by atoms with E-state index in [4.69, 9.17) is 4.74 Å². The van der Waals surface area contributed by atoms with E-state index in [9.17, 15) is 15.0 Å². The molecule has 0 saturated heterocycles. The third kappa shape index (κ3) is 4.82. The van der Waals surface area contributed by atoms with Crippen LogP contribution in [0.1, 0.15) is 34.8 Å². The van der Waals surface area contributed by atoms with Gasteiger partial charge in [0.05, 0.1) is 11.3 Å². The number of aryl methyl sites for hydroxylation is 2. The van der Waals surface area contributed by atoms with Crippen LogP contribution in [0.2, 0.25) is 0 Å². The summed E-state index contributed by atoms with van der Waals surface area (Å²) in [5.41, 5.74) is 4.68. The summed E-state index contributed by atoms with van der Waals surface area (Å²) in [6, 6.07) is 10.3. The topological polar surface area (TPSA) is 99.0 Å². The molecule has 0 radical (unpaired) electrons. The third-order valence-electron chi connectivity index (χ3n) is 6.03. The van der Waals surface area contributed by atoms with Gasteiger partial charge in [-0.1, -0.05) is 6.07 Å². The fraction of sp³-hybridized carbons (Fsp3) is 0.346. The minimum Gasteiger partial charge on any atom is -0.508 e. The van der Waals surface area contributed by atoms with Gasteiger partial charge < -0.3 is 24.7 Å². The van der Waals surface area contributed by atoms with Gasteiger partial charge >= 0.3 is 6.01 Å². The number of ether oxygens (including phenoxy) is 1. The maximum atomic E-state index is 13.4. The number of nitrogens with zero attached hydrogens (tertiary/aromatic N) is 4. The molecule has 2 aromatic carbocycles. The predicted molar refractivity (Wildman–Crippen MR) is 131 cm³/mol. The van der Waals surface area contributed by atoms with Crippen molar-refractivity contribution in [2.75, 3.05) is 32.1 Å². The van der Waals surface area contributed by atoms with Crippen molar-refractivity contribution in [2.45, 2.75) is 32.7 Å². The molecule has 2 heterocycles. The number of aromatic hydroxyl groups is 2. The van der Waals surface area contributed by atoms with Gasteiger partial charge in [0.25, 0.3) is 5.91 Å². The Morgan fingerprint density at radius 2 is 2.00 bits per heavy atom. The van der Waals surface area contributed by atoms with Crippen LogP contribution in [-0.4, -0.2) is 64.3 Å². The molecule has 2 N–H and O–H groups in total. The summed E-state index contributed by atoms with van der Waals surface area (Å²) >= 11 is 0. The largest absolute Gasteiger partial charge is 0.508 e. The van der Waals surface area contributed by atoms with Crippen LogP contribution in [-0.2, 0) is 6.42 Å². The zero-order valence-electron chi connectivity index (χ0n) is 19.9. The second-order valence-corrected chi connectivity index (χ2v) is 8.94. The minimum absolute atomic E-state index is 0.0310. The highest BCUT2D eigenvalue weighted by atomic mass is 16.5. The van der Waals surface area contributed by atoms with E-state index in [0.717, 1.165) is 47.5 Å². The number of aromatic nitrogens is 2. The molecule has 1 aliphatic heterocycles. The number of rotatable bonds is 6. The molecular weight excluding hydrogens is 432 g/mol. The van der Waals surface area contributed by atoms with Crippen LogP contribution in [0.3, 0.4) is 0 Å². The Morgan fingerprint density at radius 3 is 2.74 bits per heavy atom. The van der Waals surface area contributed by atoms with Gasteiger partial charge in [0, 0.05) is 36.1 Å². The Labute approximate surface area is 199 Å². The number of anilines is 1. The van der Waals surface area contributed by atoms with E-state index < -0.39 is 0 Å². The van der Waals surface area contributed by atoms with E-state index in [2.05, 4.69) is 16.0 Å². The van der Waals surface area contributed by atoms with Crippen molar-refractivity contribution in [1.29, 1.82) is 0 Å². The molecule has 1 amide bonds. The molecule has 3 aromatic rings. The summed E-state index contributed by atoms with van der Waals surface area (Å²) < 4.78 is 5.72. The monoisotopic (exact) mass is 462 g/mol. The predicted octanol–water partition coefficient (Wildman–Crippen LogP) is 3.79. The molecule has 0 aliphatic carbocycles. The van der Waals surface area contributed by atoms with E-state index in [0.29, 0.717) is 12.6 Å². The summed E-state index contributed by atoms with van der Waals surface area (Å²) in [5.74, 6) is -0.621. The number of hydrogen-bond acceptors (Lipinski definition) is 7. The van der Waals surface area contributed by atoms with E-state index >= 15 is 0 Å². The number of likely N-dealkylation sites (N-methyl/N-ethyl adjacent to an activating group) is 1. The number of benzene rings is 2. The molecule has 0 fully saturated rings. The van der Waals surface area contributed by atoms with Crippen LogP contribution < -0.4 is 9.64 Å². The molecule has 0 saturated carbocycles. The van der Waals surface area contributed by atoms with Crippen LogP contribution >= 0.6 is 0 Å². The molecule has 1 aliphatic rings. The van der Waals surface area contributed by atoms with Crippen LogP contribution in [0.4, 0.5) is 5.69 Å². The summed E-state index contributed by atoms with van der Waals surface area (Å²) in [5, 5.41) is 19.8. The lowest BCUT2D eigenvalue weighted by molar-refractivity contribution is 0.0972. The Morgan fingerprint density at radius 1 is 1.21 bits per heavy atom.